The minimum Gasteiger partial charge on any atom is -0.402 e. The van der Waals surface area contributed by atoms with E-state index in [-0.39, 0.29) is 0 Å². The monoisotopic (exact) mass is 201 g/mol. The largest absolute Gasteiger partial charge is 0.402 e. The van der Waals surface area contributed by atoms with E-state index in [9.17, 15) is 4.39 Å². The summed E-state index contributed by atoms with van der Waals surface area (Å²) in [6.07, 6.45) is 3.95. The van der Waals surface area contributed by atoms with Gasteiger partial charge in [-0.05, 0) is 12.8 Å². The van der Waals surface area contributed by atoms with Crippen molar-refractivity contribution in [2.24, 2.45) is 11.6 Å². The van der Waals surface area contributed by atoms with Gasteiger partial charge in [0.15, 0.2) is 11.7 Å². The first-order chi connectivity index (χ1) is 6.66. The Kier molecular flexibility index (Phi) is 3.84. The molecule has 5 nitrogen and oxygen atoms in total. The fourth-order valence-electron chi connectivity index (χ4n) is 1.42. The average molecular weight is 201 g/mol. The molecule has 0 amide bonds. The smallest absolute Gasteiger partial charge is 0.189 e. The highest BCUT2D eigenvalue weighted by Crippen LogP contribution is 2.11. The van der Waals surface area contributed by atoms with Gasteiger partial charge in [0.2, 0.25) is 0 Å². The molecule has 1 aliphatic rings. The van der Waals surface area contributed by atoms with Crippen LogP contribution in [0.15, 0.2) is 12.0 Å². The summed E-state index contributed by atoms with van der Waals surface area (Å²) in [7, 11) is 0. The maximum absolute atomic E-state index is 12.9. The van der Waals surface area contributed by atoms with Gasteiger partial charge in [0, 0.05) is 19.3 Å². The van der Waals surface area contributed by atoms with Crippen LogP contribution in [0.1, 0.15) is 19.3 Å². The Labute approximate surface area is 82.6 Å². The first-order valence-corrected chi connectivity index (χ1v) is 4.63. The number of nitrogens with one attached hydrogen (secondary N) is 1. The van der Waals surface area contributed by atoms with Crippen LogP contribution in [-0.2, 0) is 0 Å². The SMILES string of the molecule is N=C(C(F)=CN)N(N)N1CCCCC1. The molecule has 0 radical (unpaired) electrons. The molecular formula is C8H16FN5. The van der Waals surface area contributed by atoms with Gasteiger partial charge < -0.3 is 5.73 Å². The van der Waals surface area contributed by atoms with Crippen LogP contribution in [0.25, 0.3) is 0 Å². The second-order valence-corrected chi connectivity index (χ2v) is 3.22. The number of nitrogens with two attached hydrogens (primary N) is 2. The maximum Gasteiger partial charge on any atom is 0.189 e. The van der Waals surface area contributed by atoms with Gasteiger partial charge in [-0.1, -0.05) is 6.42 Å². The third kappa shape index (κ3) is 2.43. The Morgan fingerprint density at radius 3 is 2.43 bits per heavy atom. The molecule has 0 aromatic heterocycles. The van der Waals surface area contributed by atoms with Crippen molar-refractivity contribution < 1.29 is 4.39 Å². The number of hydrazine groups is 2. The molecule has 0 atom stereocenters. The predicted molar refractivity (Wildman–Crippen MR) is 52.6 cm³/mol. The van der Waals surface area contributed by atoms with Gasteiger partial charge in [-0.2, -0.15) is 0 Å². The van der Waals surface area contributed by atoms with E-state index in [0.717, 1.165) is 43.7 Å². The van der Waals surface area contributed by atoms with Crippen LogP contribution in [0.3, 0.4) is 0 Å². The van der Waals surface area contributed by atoms with Crippen LogP contribution < -0.4 is 11.6 Å². The van der Waals surface area contributed by atoms with Gasteiger partial charge in [-0.15, -0.1) is 0 Å². The Hall–Kier alpha value is -1.14. The molecule has 1 rings (SSSR count). The van der Waals surface area contributed by atoms with Crippen LogP contribution in [0.2, 0.25) is 0 Å². The van der Waals surface area contributed by atoms with Crippen LogP contribution in [0.5, 0.6) is 0 Å². The molecule has 0 spiro atoms. The summed E-state index contributed by atoms with van der Waals surface area (Å²) in [6, 6.07) is 0. The van der Waals surface area contributed by atoms with Crippen molar-refractivity contribution in [3.63, 3.8) is 0 Å². The zero-order valence-corrected chi connectivity index (χ0v) is 8.04. The Morgan fingerprint density at radius 1 is 1.36 bits per heavy atom. The Morgan fingerprint density at radius 2 is 1.93 bits per heavy atom. The van der Waals surface area contributed by atoms with Crippen molar-refractivity contribution in [1.29, 1.82) is 5.41 Å². The summed E-state index contributed by atoms with van der Waals surface area (Å²) in [4.78, 5) is 0. The lowest BCUT2D eigenvalue weighted by molar-refractivity contribution is 0.0232. The van der Waals surface area contributed by atoms with E-state index in [1.807, 2.05) is 0 Å². The third-order valence-electron chi connectivity index (χ3n) is 2.24. The Balaban J connectivity index is 2.54. The standard InChI is InChI=1S/C8H16FN5/c9-7(6-10)8(11)14(12)13-4-2-1-3-5-13/h6,11H,1-5,10,12H2. The molecule has 0 bridgehead atoms. The van der Waals surface area contributed by atoms with Crippen LogP contribution in [0, 0.1) is 5.41 Å². The lowest BCUT2D eigenvalue weighted by Crippen LogP contribution is -2.53. The van der Waals surface area contributed by atoms with E-state index >= 15 is 0 Å². The number of hydrogen-bond acceptors (Lipinski definition) is 4. The number of nitrogens with zero attached hydrogens (tertiary/aromatic N) is 2. The van der Waals surface area contributed by atoms with Gasteiger partial charge in [0.1, 0.15) is 0 Å². The summed E-state index contributed by atoms with van der Waals surface area (Å²) in [5.74, 6) is 4.37. The number of piperidine rings is 1. The molecule has 0 unspecified atom stereocenters. The van der Waals surface area contributed by atoms with Gasteiger partial charge in [0.25, 0.3) is 0 Å². The molecule has 14 heavy (non-hydrogen) atoms. The van der Waals surface area contributed by atoms with Gasteiger partial charge in [-0.3, -0.25) is 5.41 Å². The van der Waals surface area contributed by atoms with Crippen molar-refractivity contribution in [1.82, 2.24) is 10.1 Å². The normalized spacial score (nSPS) is 19.4. The van der Waals surface area contributed by atoms with Crippen LogP contribution >= 0.6 is 0 Å². The summed E-state index contributed by atoms with van der Waals surface area (Å²) >= 11 is 0. The van der Waals surface area contributed by atoms with E-state index in [1.54, 1.807) is 5.01 Å². The Bertz CT molecular complexity index is 234. The fourth-order valence-corrected chi connectivity index (χ4v) is 1.42. The average Bonchev–Trinajstić information content (AvgIpc) is 2.27. The van der Waals surface area contributed by atoms with E-state index in [1.165, 1.54) is 0 Å². The van der Waals surface area contributed by atoms with Crippen molar-refractivity contribution >= 4 is 5.84 Å². The second kappa shape index (κ2) is 4.92. The van der Waals surface area contributed by atoms with Crippen LogP contribution in [0.4, 0.5) is 4.39 Å². The van der Waals surface area contributed by atoms with E-state index in [2.05, 4.69) is 0 Å². The van der Waals surface area contributed by atoms with Gasteiger partial charge in [0.05, 0.1) is 0 Å². The van der Waals surface area contributed by atoms with Crippen molar-refractivity contribution in [3.05, 3.63) is 12.0 Å². The van der Waals surface area contributed by atoms with Crippen molar-refractivity contribution in [2.45, 2.75) is 19.3 Å². The number of rotatable bonds is 2. The summed E-state index contributed by atoms with van der Waals surface area (Å²) < 4.78 is 12.9. The molecule has 80 valence electrons. The van der Waals surface area contributed by atoms with E-state index in [0.29, 0.717) is 0 Å². The molecule has 1 heterocycles. The zero-order valence-electron chi connectivity index (χ0n) is 8.04. The predicted octanol–water partition coefficient (Wildman–Crippen LogP) is 0.310. The molecular weight excluding hydrogens is 185 g/mol. The summed E-state index contributed by atoms with van der Waals surface area (Å²) in [5, 5.41) is 10.1. The summed E-state index contributed by atoms with van der Waals surface area (Å²) in [5.41, 5.74) is 4.96. The molecule has 1 fully saturated rings. The topological polar surface area (TPSA) is 82.4 Å². The van der Waals surface area contributed by atoms with E-state index < -0.39 is 11.7 Å². The molecule has 1 aliphatic heterocycles. The number of amidine groups is 1. The molecule has 5 N–H and O–H groups in total. The second-order valence-electron chi connectivity index (χ2n) is 3.22. The highest BCUT2D eigenvalue weighted by Gasteiger charge is 2.20. The first-order valence-electron chi connectivity index (χ1n) is 4.63. The highest BCUT2D eigenvalue weighted by molar-refractivity contribution is 5.92. The highest BCUT2D eigenvalue weighted by atomic mass is 19.1. The minimum atomic E-state index is -0.807. The first kappa shape index (κ1) is 10.9. The third-order valence-corrected chi connectivity index (χ3v) is 2.24. The van der Waals surface area contributed by atoms with Crippen LogP contribution in [-0.4, -0.2) is 29.1 Å². The van der Waals surface area contributed by atoms with Crippen molar-refractivity contribution in [3.8, 4) is 0 Å². The maximum atomic E-state index is 12.9. The lowest BCUT2D eigenvalue weighted by atomic mass is 10.2. The van der Waals surface area contributed by atoms with Gasteiger partial charge in [-0.25, -0.2) is 20.4 Å². The zero-order chi connectivity index (χ0) is 10.6. The lowest BCUT2D eigenvalue weighted by Gasteiger charge is -2.34. The van der Waals surface area contributed by atoms with Crippen molar-refractivity contribution in [2.75, 3.05) is 13.1 Å². The summed E-state index contributed by atoms with van der Waals surface area (Å²) in [6.45, 7) is 1.52. The molecule has 6 heteroatoms. The van der Waals surface area contributed by atoms with Gasteiger partial charge >= 0.3 is 0 Å². The quantitative estimate of drug-likeness (QED) is 0.260. The molecule has 1 saturated heterocycles. The van der Waals surface area contributed by atoms with E-state index in [4.69, 9.17) is 17.0 Å². The molecule has 0 aromatic rings. The molecule has 0 saturated carbocycles. The number of halogens is 1. The molecule has 0 aromatic carbocycles. The minimum absolute atomic E-state index is 0.394. The number of hydrogen-bond donors (Lipinski definition) is 3. The fraction of sp³-hybridized carbons (Fsp3) is 0.625. The molecule has 0 aliphatic carbocycles.